The molecule has 1 heterocycles. The number of hydrogen-bond acceptors (Lipinski definition) is 5. The molecule has 20 heavy (non-hydrogen) atoms. The number of likely N-dealkylation sites (N-methyl/N-ethyl adjacent to an activating group) is 1. The number of morpholine rings is 1. The largest absolute Gasteiger partial charge is 0.550 e. The minimum atomic E-state index is -1.09. The molecule has 0 unspecified atom stereocenters. The lowest BCUT2D eigenvalue weighted by Gasteiger charge is -2.37. The molecule has 0 aliphatic carbocycles. The molecule has 120 valence electrons. The van der Waals surface area contributed by atoms with Crippen LogP contribution in [0.15, 0.2) is 0 Å². The van der Waals surface area contributed by atoms with Crippen molar-refractivity contribution in [1.82, 2.24) is 0 Å². The Labute approximate surface area is 122 Å². The molecule has 1 aliphatic rings. The molecule has 1 saturated heterocycles. The average Bonchev–Trinajstić information content (AvgIpc) is 2.40. The van der Waals surface area contributed by atoms with Gasteiger partial charge in [0.05, 0.1) is 46.6 Å². The Morgan fingerprint density at radius 2 is 1.90 bits per heavy atom. The topological polar surface area (TPSA) is 67.8 Å². The fraction of sp³-hybridized carbons (Fsp3) is 0.929. The van der Waals surface area contributed by atoms with Gasteiger partial charge in [0.15, 0.2) is 0 Å². The monoisotopic (exact) mass is 291 g/mol. The van der Waals surface area contributed by atoms with Gasteiger partial charge in [0.1, 0.15) is 13.1 Å². The second-order valence-corrected chi connectivity index (χ2v) is 5.13. The number of rotatable bonds is 8. The van der Waals surface area contributed by atoms with Gasteiger partial charge in [0, 0.05) is 19.5 Å². The molecule has 0 spiro atoms. The molecule has 0 N–H and O–H groups in total. The molecule has 1 aliphatic heterocycles. The average molecular weight is 291 g/mol. The van der Waals surface area contributed by atoms with Crippen molar-refractivity contribution in [3.05, 3.63) is 0 Å². The molecule has 0 radical (unpaired) electrons. The molecule has 0 aromatic heterocycles. The Bertz CT molecular complexity index is 236. The Hall–Kier alpha value is -0.690. The van der Waals surface area contributed by atoms with Gasteiger partial charge in [-0.3, -0.25) is 0 Å². The van der Waals surface area contributed by atoms with Crippen LogP contribution in [0.1, 0.15) is 19.8 Å². The third-order valence-corrected chi connectivity index (χ3v) is 3.20. The molecule has 0 aromatic carbocycles. The summed E-state index contributed by atoms with van der Waals surface area (Å²) in [7, 11) is 3.88. The van der Waals surface area contributed by atoms with Crippen LogP contribution in [0.2, 0.25) is 0 Å². The number of ether oxygens (including phenoxy) is 3. The molecule has 0 bridgehead atoms. The molecule has 0 saturated carbocycles. The maximum absolute atomic E-state index is 9.81. The highest BCUT2D eigenvalue weighted by atomic mass is 16.5. The Balaban J connectivity index is 0.000000361. The van der Waals surface area contributed by atoms with Crippen LogP contribution in [0.25, 0.3) is 0 Å². The van der Waals surface area contributed by atoms with Gasteiger partial charge in [-0.15, -0.1) is 0 Å². The van der Waals surface area contributed by atoms with Crippen LogP contribution in [-0.4, -0.2) is 77.3 Å². The Morgan fingerprint density at radius 3 is 2.40 bits per heavy atom. The molecule has 0 amide bonds. The summed E-state index contributed by atoms with van der Waals surface area (Å²) in [6.45, 7) is 9.00. The molecule has 1 rings (SSSR count). The van der Waals surface area contributed by atoms with E-state index in [9.17, 15) is 9.90 Å². The summed E-state index contributed by atoms with van der Waals surface area (Å²) in [5.41, 5.74) is 0. The fourth-order valence-corrected chi connectivity index (χ4v) is 1.95. The van der Waals surface area contributed by atoms with Crippen molar-refractivity contribution in [2.45, 2.75) is 19.8 Å². The number of carboxylic acids is 1. The van der Waals surface area contributed by atoms with Crippen LogP contribution >= 0.6 is 0 Å². The summed E-state index contributed by atoms with van der Waals surface area (Å²) < 4.78 is 16.0. The summed E-state index contributed by atoms with van der Waals surface area (Å²) >= 11 is 0. The maximum atomic E-state index is 9.81. The lowest BCUT2D eigenvalue weighted by molar-refractivity contribution is -0.916. The predicted molar refractivity (Wildman–Crippen MR) is 74.2 cm³/mol. The predicted octanol–water partition coefficient (Wildman–Crippen LogP) is -0.337. The summed E-state index contributed by atoms with van der Waals surface area (Å²) in [6, 6.07) is 0. The fourth-order valence-electron chi connectivity index (χ4n) is 1.95. The third-order valence-electron chi connectivity index (χ3n) is 3.20. The van der Waals surface area contributed by atoms with Crippen molar-refractivity contribution >= 4 is 5.97 Å². The summed E-state index contributed by atoms with van der Waals surface area (Å²) in [5.74, 6) is -1.09. The molecule has 0 atom stereocenters. The number of hydrogen-bond donors (Lipinski definition) is 0. The number of carbonyl (C=O) groups excluding carboxylic acids is 1. The molecule has 6 heteroatoms. The van der Waals surface area contributed by atoms with Gasteiger partial charge in [-0.2, -0.15) is 0 Å². The molecule has 6 nitrogen and oxygen atoms in total. The summed E-state index contributed by atoms with van der Waals surface area (Å²) in [6.07, 6.45) is 1.24. The van der Waals surface area contributed by atoms with Gasteiger partial charge in [0.25, 0.3) is 0 Å². The van der Waals surface area contributed by atoms with Crippen molar-refractivity contribution in [2.75, 3.05) is 66.8 Å². The maximum Gasteiger partial charge on any atom is 0.102 e. The zero-order valence-electron chi connectivity index (χ0n) is 13.1. The Kier molecular flexibility index (Phi) is 11.7. The van der Waals surface area contributed by atoms with Crippen LogP contribution < -0.4 is 5.11 Å². The van der Waals surface area contributed by atoms with Crippen molar-refractivity contribution in [1.29, 1.82) is 0 Å². The third kappa shape index (κ3) is 11.2. The van der Waals surface area contributed by atoms with Crippen molar-refractivity contribution in [3.63, 3.8) is 0 Å². The number of carbonyl (C=O) groups is 1. The van der Waals surface area contributed by atoms with Crippen molar-refractivity contribution in [2.24, 2.45) is 0 Å². The van der Waals surface area contributed by atoms with Crippen LogP contribution in [0.5, 0.6) is 0 Å². The first-order chi connectivity index (χ1) is 9.54. The summed E-state index contributed by atoms with van der Waals surface area (Å²) in [4.78, 5) is 9.81. The standard InChI is InChI=1S/C8H18NO.C6H12O4/c1-3-4-9(2)5-7-10-8-6-9;1-9-4-5-10-3-2-6(7)8/h3-8H2,1-2H3;2-5H2,1H3,(H,7,8)/q+1;/p-1. The van der Waals surface area contributed by atoms with E-state index in [1.54, 1.807) is 7.11 Å². The minimum absolute atomic E-state index is 0.0519. The lowest BCUT2D eigenvalue weighted by Crippen LogP contribution is -2.52. The van der Waals surface area contributed by atoms with Crippen LogP contribution in [0, 0.1) is 0 Å². The van der Waals surface area contributed by atoms with E-state index in [0.717, 1.165) is 13.2 Å². The van der Waals surface area contributed by atoms with Gasteiger partial charge in [0.2, 0.25) is 0 Å². The van der Waals surface area contributed by atoms with E-state index in [1.807, 2.05) is 0 Å². The number of quaternary nitrogens is 1. The molecule has 1 fully saturated rings. The smallest absolute Gasteiger partial charge is 0.102 e. The van der Waals surface area contributed by atoms with Crippen LogP contribution in [-0.2, 0) is 19.0 Å². The van der Waals surface area contributed by atoms with E-state index in [4.69, 9.17) is 9.47 Å². The number of aliphatic carboxylic acids is 1. The molecule has 0 aromatic rings. The zero-order chi connectivity index (χ0) is 15.3. The lowest BCUT2D eigenvalue weighted by atomic mass is 10.3. The SMILES string of the molecule is CCC[N+]1(C)CCOCC1.COCCOCCC(=O)[O-]. The van der Waals surface area contributed by atoms with Gasteiger partial charge in [-0.25, -0.2) is 0 Å². The van der Waals surface area contributed by atoms with E-state index < -0.39 is 5.97 Å². The van der Waals surface area contributed by atoms with E-state index >= 15 is 0 Å². The van der Waals surface area contributed by atoms with E-state index in [-0.39, 0.29) is 13.0 Å². The van der Waals surface area contributed by atoms with E-state index in [0.29, 0.717) is 13.2 Å². The molecular weight excluding hydrogens is 262 g/mol. The van der Waals surface area contributed by atoms with E-state index in [1.165, 1.54) is 30.5 Å². The van der Waals surface area contributed by atoms with Crippen molar-refractivity contribution in [3.8, 4) is 0 Å². The first-order valence-electron chi connectivity index (χ1n) is 7.22. The highest BCUT2D eigenvalue weighted by molar-refractivity contribution is 5.64. The van der Waals surface area contributed by atoms with Gasteiger partial charge < -0.3 is 28.6 Å². The van der Waals surface area contributed by atoms with Gasteiger partial charge in [-0.05, 0) is 6.42 Å². The number of nitrogens with zero attached hydrogens (tertiary/aromatic N) is 1. The highest BCUT2D eigenvalue weighted by Gasteiger charge is 2.23. The minimum Gasteiger partial charge on any atom is -0.550 e. The number of carboxylic acid groups (broad SMARTS) is 1. The molecular formula is C14H29NO5. The van der Waals surface area contributed by atoms with E-state index in [2.05, 4.69) is 18.7 Å². The van der Waals surface area contributed by atoms with Crippen LogP contribution in [0.4, 0.5) is 0 Å². The normalized spacial score (nSPS) is 17.1. The Morgan fingerprint density at radius 1 is 1.25 bits per heavy atom. The van der Waals surface area contributed by atoms with Crippen molar-refractivity contribution < 1.29 is 28.6 Å². The first kappa shape index (κ1) is 19.3. The first-order valence-corrected chi connectivity index (χ1v) is 7.22. The van der Waals surface area contributed by atoms with Crippen LogP contribution in [0.3, 0.4) is 0 Å². The zero-order valence-corrected chi connectivity index (χ0v) is 13.1. The van der Waals surface area contributed by atoms with Gasteiger partial charge in [-0.1, -0.05) is 6.92 Å². The second kappa shape index (κ2) is 12.1. The van der Waals surface area contributed by atoms with Gasteiger partial charge >= 0.3 is 0 Å². The second-order valence-electron chi connectivity index (χ2n) is 5.13. The highest BCUT2D eigenvalue weighted by Crippen LogP contribution is 2.07. The number of methoxy groups -OCH3 is 1. The summed E-state index contributed by atoms with van der Waals surface area (Å²) in [5, 5.41) is 9.81. The quantitative estimate of drug-likeness (QED) is 0.452.